The van der Waals surface area contributed by atoms with Crippen molar-refractivity contribution in [3.05, 3.63) is 89.5 Å². The number of ether oxygens (including phenoxy) is 2. The number of nitrogens with zero attached hydrogens (tertiary/aromatic N) is 1. The van der Waals surface area contributed by atoms with Gasteiger partial charge in [0, 0.05) is 11.3 Å². The number of phenolic OH excluding ortho intramolecular Hbond substituents is 1. The van der Waals surface area contributed by atoms with Gasteiger partial charge in [0.05, 0.1) is 24.8 Å². The molecule has 0 radical (unpaired) electrons. The number of hydrogen-bond donors (Lipinski definition) is 2. The highest BCUT2D eigenvalue weighted by molar-refractivity contribution is 6.51. The first kappa shape index (κ1) is 26.8. The largest absolute Gasteiger partial charge is 0.508 e. The number of ketones is 1. The molecule has 7 nitrogen and oxygen atoms in total. The number of carbonyl (C=O) groups is 2. The lowest BCUT2D eigenvalue weighted by Crippen LogP contribution is -2.29. The van der Waals surface area contributed by atoms with Gasteiger partial charge >= 0.3 is 0 Å². The third-order valence-electron chi connectivity index (χ3n) is 6.04. The molecule has 1 fully saturated rings. The third-order valence-corrected chi connectivity index (χ3v) is 6.04. The molecule has 0 aromatic heterocycles. The molecule has 0 bridgehead atoms. The van der Waals surface area contributed by atoms with Gasteiger partial charge in [-0.15, -0.1) is 0 Å². The van der Waals surface area contributed by atoms with E-state index >= 15 is 0 Å². The number of hydrogen-bond acceptors (Lipinski definition) is 6. The van der Waals surface area contributed by atoms with Crippen LogP contribution in [0.3, 0.4) is 0 Å². The molecule has 1 aliphatic heterocycles. The van der Waals surface area contributed by atoms with Crippen LogP contribution in [-0.4, -0.2) is 35.1 Å². The van der Waals surface area contributed by atoms with E-state index in [2.05, 4.69) is 13.8 Å². The second-order valence-corrected chi connectivity index (χ2v) is 10.2. The van der Waals surface area contributed by atoms with Gasteiger partial charge in [-0.3, -0.25) is 14.5 Å². The first-order chi connectivity index (χ1) is 18.2. The van der Waals surface area contributed by atoms with Gasteiger partial charge in [0.15, 0.2) is 0 Å². The molecule has 7 heteroatoms. The van der Waals surface area contributed by atoms with E-state index in [0.717, 1.165) is 0 Å². The minimum Gasteiger partial charge on any atom is -0.508 e. The number of amides is 1. The summed E-state index contributed by atoms with van der Waals surface area (Å²) in [4.78, 5) is 28.0. The summed E-state index contributed by atoms with van der Waals surface area (Å²) in [6, 6.07) is 19.0. The molecular formula is C31H33NO6. The van der Waals surface area contributed by atoms with Gasteiger partial charge < -0.3 is 19.7 Å². The molecule has 2 N–H and O–H groups in total. The quantitative estimate of drug-likeness (QED) is 0.203. The van der Waals surface area contributed by atoms with Gasteiger partial charge in [0.1, 0.15) is 23.0 Å². The molecule has 1 saturated heterocycles. The molecule has 4 rings (SSSR count). The number of aliphatic hydroxyl groups excluding tert-OH is 1. The fraction of sp³-hybridized carbons (Fsp3) is 0.290. The highest BCUT2D eigenvalue weighted by atomic mass is 16.5. The van der Waals surface area contributed by atoms with Crippen LogP contribution in [0.15, 0.2) is 78.4 Å². The Morgan fingerprint density at radius 2 is 1.39 bits per heavy atom. The molecular weight excluding hydrogens is 482 g/mol. The summed E-state index contributed by atoms with van der Waals surface area (Å²) in [5, 5.41) is 21.5. The van der Waals surface area contributed by atoms with Crippen LogP contribution in [0.25, 0.3) is 5.76 Å². The van der Waals surface area contributed by atoms with Crippen LogP contribution < -0.4 is 14.4 Å². The predicted molar refractivity (Wildman–Crippen MR) is 146 cm³/mol. The molecule has 0 saturated carbocycles. The van der Waals surface area contributed by atoms with Crippen molar-refractivity contribution in [2.45, 2.75) is 33.7 Å². The first-order valence-electron chi connectivity index (χ1n) is 12.7. The van der Waals surface area contributed by atoms with Crippen molar-refractivity contribution in [2.24, 2.45) is 11.8 Å². The number of Topliss-reactive ketones (excluding diaryl/α,β-unsaturated/α-hetero) is 1. The van der Waals surface area contributed by atoms with E-state index in [4.69, 9.17) is 9.47 Å². The van der Waals surface area contributed by atoms with E-state index in [9.17, 15) is 19.8 Å². The van der Waals surface area contributed by atoms with Gasteiger partial charge in [-0.1, -0.05) is 39.8 Å². The number of carbonyl (C=O) groups excluding carboxylic acids is 2. The minimum atomic E-state index is -0.943. The maximum absolute atomic E-state index is 13.3. The SMILES string of the molecule is CC(C)COc1ccc(/C(O)=C2/C(=O)C(=O)N(c3ccc(OCC(C)C)cc3)C2c2cccc(O)c2)cc1. The summed E-state index contributed by atoms with van der Waals surface area (Å²) >= 11 is 0. The second-order valence-electron chi connectivity index (χ2n) is 10.2. The Morgan fingerprint density at radius 3 is 1.92 bits per heavy atom. The van der Waals surface area contributed by atoms with Crippen molar-refractivity contribution in [3.63, 3.8) is 0 Å². The molecule has 3 aromatic carbocycles. The van der Waals surface area contributed by atoms with Crippen LogP contribution in [0.1, 0.15) is 44.9 Å². The Kier molecular flexibility index (Phi) is 8.05. The van der Waals surface area contributed by atoms with Crippen molar-refractivity contribution < 1.29 is 29.3 Å². The monoisotopic (exact) mass is 515 g/mol. The number of benzene rings is 3. The molecule has 1 unspecified atom stereocenters. The van der Waals surface area contributed by atoms with Gasteiger partial charge in [0.25, 0.3) is 11.7 Å². The predicted octanol–water partition coefficient (Wildman–Crippen LogP) is 6.09. The summed E-state index contributed by atoms with van der Waals surface area (Å²) < 4.78 is 11.5. The lowest BCUT2D eigenvalue weighted by atomic mass is 9.95. The molecule has 38 heavy (non-hydrogen) atoms. The number of anilines is 1. The smallest absolute Gasteiger partial charge is 0.300 e. The highest BCUT2D eigenvalue weighted by Crippen LogP contribution is 2.43. The van der Waals surface area contributed by atoms with Crippen molar-refractivity contribution in [1.29, 1.82) is 0 Å². The Bertz CT molecular complexity index is 1330. The summed E-state index contributed by atoms with van der Waals surface area (Å²) in [6.45, 7) is 9.30. The van der Waals surface area contributed by atoms with Crippen LogP contribution in [0, 0.1) is 11.8 Å². The standard InChI is InChI=1S/C31H33NO6/c1-19(2)17-37-25-12-8-21(9-13-25)29(34)27-28(22-6-5-7-24(33)16-22)32(31(36)30(27)35)23-10-14-26(15-11-23)38-18-20(3)4/h5-16,19-20,28,33-34H,17-18H2,1-4H3/b29-27-. The number of rotatable bonds is 9. The molecule has 1 atom stereocenters. The Labute approximate surface area is 222 Å². The fourth-order valence-electron chi connectivity index (χ4n) is 4.20. The molecule has 1 aliphatic rings. The number of aromatic hydroxyl groups is 1. The summed E-state index contributed by atoms with van der Waals surface area (Å²) in [5.41, 5.74) is 1.27. The lowest BCUT2D eigenvalue weighted by Gasteiger charge is -2.25. The Morgan fingerprint density at radius 1 is 0.842 bits per heavy atom. The summed E-state index contributed by atoms with van der Waals surface area (Å²) in [6.07, 6.45) is 0. The lowest BCUT2D eigenvalue weighted by molar-refractivity contribution is -0.132. The molecule has 1 heterocycles. The van der Waals surface area contributed by atoms with Crippen LogP contribution in [0.4, 0.5) is 5.69 Å². The third kappa shape index (κ3) is 5.83. The van der Waals surface area contributed by atoms with Crippen molar-refractivity contribution in [1.82, 2.24) is 0 Å². The van der Waals surface area contributed by atoms with Gasteiger partial charge in [-0.2, -0.15) is 0 Å². The van der Waals surface area contributed by atoms with E-state index in [1.165, 1.54) is 17.0 Å². The normalized spacial score (nSPS) is 16.9. The zero-order valence-electron chi connectivity index (χ0n) is 22.0. The van der Waals surface area contributed by atoms with E-state index < -0.39 is 17.7 Å². The van der Waals surface area contributed by atoms with Crippen LogP contribution in [0.2, 0.25) is 0 Å². The summed E-state index contributed by atoms with van der Waals surface area (Å²) in [7, 11) is 0. The second kappa shape index (κ2) is 11.4. The summed E-state index contributed by atoms with van der Waals surface area (Å²) in [5.74, 6) is 0.103. The molecule has 198 valence electrons. The molecule has 0 spiro atoms. The maximum atomic E-state index is 13.3. The molecule has 0 aliphatic carbocycles. The van der Waals surface area contributed by atoms with E-state index in [1.807, 2.05) is 13.8 Å². The van der Waals surface area contributed by atoms with E-state index in [1.54, 1.807) is 60.7 Å². The maximum Gasteiger partial charge on any atom is 0.300 e. The molecule has 3 aromatic rings. The Balaban J connectivity index is 1.75. The van der Waals surface area contributed by atoms with E-state index in [0.29, 0.717) is 53.4 Å². The first-order valence-corrected chi connectivity index (χ1v) is 12.7. The topological polar surface area (TPSA) is 96.3 Å². The minimum absolute atomic E-state index is 0.0165. The molecule has 1 amide bonds. The van der Waals surface area contributed by atoms with Crippen molar-refractivity contribution in [3.8, 4) is 17.2 Å². The zero-order chi connectivity index (χ0) is 27.4. The average Bonchev–Trinajstić information content (AvgIpc) is 3.16. The number of aliphatic hydroxyl groups is 1. The van der Waals surface area contributed by atoms with Gasteiger partial charge in [0.2, 0.25) is 0 Å². The number of phenols is 1. The van der Waals surface area contributed by atoms with Gasteiger partial charge in [-0.25, -0.2) is 0 Å². The van der Waals surface area contributed by atoms with Crippen LogP contribution in [-0.2, 0) is 9.59 Å². The van der Waals surface area contributed by atoms with Crippen molar-refractivity contribution in [2.75, 3.05) is 18.1 Å². The van der Waals surface area contributed by atoms with Crippen LogP contribution in [0.5, 0.6) is 17.2 Å². The zero-order valence-corrected chi connectivity index (χ0v) is 22.0. The van der Waals surface area contributed by atoms with Gasteiger partial charge in [-0.05, 0) is 78.1 Å². The average molecular weight is 516 g/mol. The van der Waals surface area contributed by atoms with E-state index in [-0.39, 0.29) is 17.1 Å². The van der Waals surface area contributed by atoms with Crippen LogP contribution >= 0.6 is 0 Å². The van der Waals surface area contributed by atoms with Crippen molar-refractivity contribution >= 4 is 23.1 Å². The highest BCUT2D eigenvalue weighted by Gasteiger charge is 2.47. The fourth-order valence-corrected chi connectivity index (χ4v) is 4.20. The Hall–Kier alpha value is -4.26.